The third kappa shape index (κ3) is 6.21. The maximum atomic E-state index is 14.3. The predicted molar refractivity (Wildman–Crippen MR) is 151 cm³/mol. The lowest BCUT2D eigenvalue weighted by atomic mass is 9.93. The van der Waals surface area contributed by atoms with Crippen molar-refractivity contribution >= 4 is 0 Å². The van der Waals surface area contributed by atoms with Crippen molar-refractivity contribution in [2.45, 2.75) is 32.5 Å². The zero-order chi connectivity index (χ0) is 27.2. The van der Waals surface area contributed by atoms with Crippen LogP contribution in [-0.4, -0.2) is 13.2 Å². The molecule has 0 aromatic heterocycles. The average molecular weight is 527 g/mol. The Labute approximate surface area is 228 Å². The molecule has 1 aliphatic heterocycles. The molecule has 4 aromatic carbocycles. The summed E-state index contributed by atoms with van der Waals surface area (Å²) in [6.45, 7) is 6.71. The zero-order valence-electron chi connectivity index (χ0n) is 22.0. The van der Waals surface area contributed by atoms with Crippen LogP contribution in [0.1, 0.15) is 37.0 Å². The molecule has 0 bridgehead atoms. The van der Waals surface area contributed by atoms with E-state index >= 15 is 0 Å². The smallest absolute Gasteiger partial charge is 0.204 e. The van der Waals surface area contributed by atoms with Gasteiger partial charge in [-0.15, -0.1) is 6.58 Å². The topological polar surface area (TPSA) is 27.7 Å². The van der Waals surface area contributed by atoms with E-state index in [-0.39, 0.29) is 30.8 Å². The first-order valence-electron chi connectivity index (χ1n) is 13.3. The van der Waals surface area contributed by atoms with Gasteiger partial charge in [-0.3, -0.25) is 0 Å². The quantitative estimate of drug-likeness (QED) is 0.204. The molecule has 39 heavy (non-hydrogen) atoms. The summed E-state index contributed by atoms with van der Waals surface area (Å²) in [4.78, 5) is 0. The highest BCUT2D eigenvalue weighted by atomic mass is 19.2. The first-order chi connectivity index (χ1) is 19.1. The average Bonchev–Trinajstić information content (AvgIpc) is 3.00. The summed E-state index contributed by atoms with van der Waals surface area (Å²) in [5.41, 5.74) is 6.54. The van der Waals surface area contributed by atoms with Crippen LogP contribution in [0, 0.1) is 17.6 Å². The number of ether oxygens (including phenoxy) is 3. The molecule has 1 saturated heterocycles. The Morgan fingerprint density at radius 2 is 1.26 bits per heavy atom. The third-order valence-electron chi connectivity index (χ3n) is 7.14. The van der Waals surface area contributed by atoms with Crippen LogP contribution in [0.25, 0.3) is 22.3 Å². The molecule has 0 saturated carbocycles. The Bertz CT molecular complexity index is 1390. The highest BCUT2D eigenvalue weighted by molar-refractivity contribution is 5.70. The summed E-state index contributed by atoms with van der Waals surface area (Å²) >= 11 is 0. The van der Waals surface area contributed by atoms with E-state index in [9.17, 15) is 8.78 Å². The minimum Gasteiger partial charge on any atom is -0.491 e. The summed E-state index contributed by atoms with van der Waals surface area (Å²) in [6, 6.07) is 27.7. The van der Waals surface area contributed by atoms with E-state index in [1.54, 1.807) is 6.92 Å². The van der Waals surface area contributed by atoms with Crippen molar-refractivity contribution in [3.63, 3.8) is 0 Å². The maximum absolute atomic E-state index is 14.3. The molecule has 5 heteroatoms. The molecular formula is C34H32F2O3. The molecule has 0 spiro atoms. The number of benzene rings is 4. The van der Waals surface area contributed by atoms with E-state index in [2.05, 4.69) is 55.1 Å². The summed E-state index contributed by atoms with van der Waals surface area (Å²) < 4.78 is 45.0. The molecule has 1 fully saturated rings. The summed E-state index contributed by atoms with van der Waals surface area (Å²) in [5.74, 6) is -1.88. The highest BCUT2D eigenvalue weighted by Crippen LogP contribution is 2.33. The van der Waals surface area contributed by atoms with Crippen LogP contribution in [0.15, 0.2) is 97.6 Å². The van der Waals surface area contributed by atoms with Crippen molar-refractivity contribution in [3.05, 3.63) is 120 Å². The lowest BCUT2D eigenvalue weighted by molar-refractivity contribution is -0.00513. The Balaban J connectivity index is 1.19. The van der Waals surface area contributed by atoms with Gasteiger partial charge in [-0.25, -0.2) is 0 Å². The Hall–Kier alpha value is -3.96. The van der Waals surface area contributed by atoms with Gasteiger partial charge in [-0.05, 0) is 65.3 Å². The number of hydrogen-bond acceptors (Lipinski definition) is 3. The highest BCUT2D eigenvalue weighted by Gasteiger charge is 2.21. The van der Waals surface area contributed by atoms with Crippen LogP contribution < -0.4 is 9.47 Å². The molecular weight excluding hydrogens is 494 g/mol. The van der Waals surface area contributed by atoms with Crippen molar-refractivity contribution in [1.29, 1.82) is 0 Å². The van der Waals surface area contributed by atoms with Crippen LogP contribution in [-0.2, 0) is 11.3 Å². The van der Waals surface area contributed by atoms with Crippen molar-refractivity contribution in [2.24, 2.45) is 5.92 Å². The first kappa shape index (κ1) is 26.6. The predicted octanol–water partition coefficient (Wildman–Crippen LogP) is 8.93. The van der Waals surface area contributed by atoms with E-state index in [4.69, 9.17) is 14.2 Å². The van der Waals surface area contributed by atoms with Gasteiger partial charge in [0.2, 0.25) is 11.6 Å². The summed E-state index contributed by atoms with van der Waals surface area (Å²) in [7, 11) is 0. The Morgan fingerprint density at radius 1 is 0.744 bits per heavy atom. The lowest BCUT2D eigenvalue weighted by Crippen LogP contribution is -2.19. The first-order valence-corrected chi connectivity index (χ1v) is 13.3. The van der Waals surface area contributed by atoms with Gasteiger partial charge in [0.1, 0.15) is 6.61 Å². The van der Waals surface area contributed by atoms with Gasteiger partial charge < -0.3 is 14.2 Å². The van der Waals surface area contributed by atoms with Crippen LogP contribution >= 0.6 is 0 Å². The monoisotopic (exact) mass is 526 g/mol. The second kappa shape index (κ2) is 12.3. The fraction of sp³-hybridized carbons (Fsp3) is 0.235. The molecule has 1 aliphatic rings. The Morgan fingerprint density at radius 3 is 1.74 bits per heavy atom. The third-order valence-corrected chi connectivity index (χ3v) is 7.14. The van der Waals surface area contributed by atoms with Crippen molar-refractivity contribution in [2.75, 3.05) is 13.2 Å². The zero-order valence-corrected chi connectivity index (χ0v) is 22.0. The number of rotatable bonds is 9. The number of hydrogen-bond donors (Lipinski definition) is 0. The molecule has 0 N–H and O–H groups in total. The van der Waals surface area contributed by atoms with Crippen LogP contribution in [0.4, 0.5) is 8.78 Å². The molecule has 0 radical (unpaired) electrons. The molecule has 2 atom stereocenters. The summed E-state index contributed by atoms with van der Waals surface area (Å²) in [5, 5.41) is 0. The van der Waals surface area contributed by atoms with Gasteiger partial charge in [0.05, 0.1) is 19.3 Å². The van der Waals surface area contributed by atoms with E-state index in [0.717, 1.165) is 47.3 Å². The minimum absolute atomic E-state index is 0.119. The largest absolute Gasteiger partial charge is 0.491 e. The minimum atomic E-state index is -1.05. The summed E-state index contributed by atoms with van der Waals surface area (Å²) in [6.07, 6.45) is 4.29. The van der Waals surface area contributed by atoms with Crippen molar-refractivity contribution in [1.82, 2.24) is 0 Å². The molecule has 4 aromatic rings. The molecule has 0 aliphatic carbocycles. The standard InChI is InChI=1S/C34H32F2O3/c1-3-23-7-18-30(38-21-23)29-16-14-28(15-17-29)27-12-10-26(11-13-27)25-8-5-24(6-9-25)22-39-32-20-19-31(37-4-2)33(35)34(32)36/h3,5-6,8-17,19-20,23,30H,1,4,7,18,21-22H2,2H3. The van der Waals surface area contributed by atoms with Crippen LogP contribution in [0.5, 0.6) is 11.5 Å². The van der Waals surface area contributed by atoms with E-state index in [1.807, 2.05) is 30.3 Å². The van der Waals surface area contributed by atoms with Gasteiger partial charge >= 0.3 is 0 Å². The van der Waals surface area contributed by atoms with Crippen LogP contribution in [0.2, 0.25) is 0 Å². The molecule has 5 rings (SSSR count). The van der Waals surface area contributed by atoms with Crippen molar-refractivity contribution in [3.8, 4) is 33.8 Å². The van der Waals surface area contributed by atoms with Crippen molar-refractivity contribution < 1.29 is 23.0 Å². The van der Waals surface area contributed by atoms with E-state index < -0.39 is 11.6 Å². The van der Waals surface area contributed by atoms with Gasteiger partial charge in [0.25, 0.3) is 0 Å². The normalized spacial score (nSPS) is 17.0. The Kier molecular flexibility index (Phi) is 8.38. The SMILES string of the molecule is C=CC1CCC(c2ccc(-c3ccc(-c4ccc(COc5ccc(OCC)c(F)c5F)cc4)cc3)cc2)OC1. The second-order valence-electron chi connectivity index (χ2n) is 9.70. The molecule has 0 amide bonds. The van der Waals surface area contributed by atoms with Crippen LogP contribution in [0.3, 0.4) is 0 Å². The van der Waals surface area contributed by atoms with Gasteiger partial charge in [0, 0.05) is 5.92 Å². The van der Waals surface area contributed by atoms with E-state index in [0.29, 0.717) is 5.92 Å². The van der Waals surface area contributed by atoms with E-state index in [1.165, 1.54) is 17.7 Å². The molecule has 3 nitrogen and oxygen atoms in total. The lowest BCUT2D eigenvalue weighted by Gasteiger charge is -2.27. The molecule has 2 unspecified atom stereocenters. The molecule has 1 heterocycles. The van der Waals surface area contributed by atoms with Gasteiger partial charge in [0.15, 0.2) is 11.5 Å². The number of halogens is 2. The van der Waals surface area contributed by atoms with Gasteiger partial charge in [-0.1, -0.05) is 78.9 Å². The fourth-order valence-corrected chi connectivity index (χ4v) is 4.81. The maximum Gasteiger partial charge on any atom is 0.204 e. The fourth-order valence-electron chi connectivity index (χ4n) is 4.81. The van der Waals surface area contributed by atoms with Gasteiger partial charge in [-0.2, -0.15) is 8.78 Å². The second-order valence-corrected chi connectivity index (χ2v) is 9.70. The molecule has 200 valence electrons.